The first-order valence-electron chi connectivity index (χ1n) is 9.26. The van der Waals surface area contributed by atoms with E-state index in [1.807, 2.05) is 28.9 Å². The number of urea groups is 1. The first-order chi connectivity index (χ1) is 12.7. The summed E-state index contributed by atoms with van der Waals surface area (Å²) in [6.45, 7) is 2.72. The van der Waals surface area contributed by atoms with Crippen LogP contribution in [-0.2, 0) is 13.6 Å². The Balaban J connectivity index is 1.50. The number of rotatable bonds is 6. The molecule has 0 radical (unpaired) electrons. The summed E-state index contributed by atoms with van der Waals surface area (Å²) < 4.78 is 1.83. The largest absolute Gasteiger partial charge is 0.361 e. The summed E-state index contributed by atoms with van der Waals surface area (Å²) in [5.41, 5.74) is 3.32. The lowest BCUT2D eigenvalue weighted by molar-refractivity contribution is 0.187. The van der Waals surface area contributed by atoms with E-state index in [1.165, 1.54) is 5.39 Å². The van der Waals surface area contributed by atoms with E-state index in [2.05, 4.69) is 46.6 Å². The molecule has 136 valence electrons. The second-order valence-electron chi connectivity index (χ2n) is 7.05. The molecule has 1 saturated carbocycles. The van der Waals surface area contributed by atoms with E-state index in [-0.39, 0.29) is 12.1 Å². The number of carbonyl (C=O) groups is 1. The van der Waals surface area contributed by atoms with Crippen LogP contribution in [0.5, 0.6) is 0 Å². The molecule has 6 heteroatoms. The smallest absolute Gasteiger partial charge is 0.318 e. The molecule has 1 fully saturated rings. The van der Waals surface area contributed by atoms with Gasteiger partial charge in [-0.05, 0) is 54.5 Å². The van der Waals surface area contributed by atoms with Crippen molar-refractivity contribution in [1.29, 1.82) is 0 Å². The Kier molecular flexibility index (Phi) is 4.41. The summed E-state index contributed by atoms with van der Waals surface area (Å²) in [5, 5.41) is 8.61. The van der Waals surface area contributed by atoms with Gasteiger partial charge in [0.1, 0.15) is 0 Å². The van der Waals surface area contributed by atoms with Crippen LogP contribution in [0, 0.1) is 0 Å². The maximum absolute atomic E-state index is 13.0. The molecule has 2 heterocycles. The molecule has 1 unspecified atom stereocenters. The fraction of sp³-hybridized carbons (Fsp3) is 0.400. The second-order valence-corrected chi connectivity index (χ2v) is 7.05. The predicted octanol–water partition coefficient (Wildman–Crippen LogP) is 3.73. The number of hydrogen-bond donors (Lipinski definition) is 2. The fourth-order valence-electron chi connectivity index (χ4n) is 3.49. The van der Waals surface area contributed by atoms with Gasteiger partial charge in [0, 0.05) is 37.5 Å². The monoisotopic (exact) mass is 351 g/mol. The normalized spacial score (nSPS) is 15.2. The maximum atomic E-state index is 13.0. The van der Waals surface area contributed by atoms with Crippen molar-refractivity contribution in [3.05, 3.63) is 54.0 Å². The topological polar surface area (TPSA) is 66.0 Å². The molecule has 1 atom stereocenters. The zero-order valence-electron chi connectivity index (χ0n) is 15.3. The summed E-state index contributed by atoms with van der Waals surface area (Å²) in [6, 6.07) is 10.7. The van der Waals surface area contributed by atoms with Crippen molar-refractivity contribution in [2.45, 2.75) is 44.8 Å². The summed E-state index contributed by atoms with van der Waals surface area (Å²) in [6.07, 6.45) is 6.72. The first kappa shape index (κ1) is 16.7. The number of nitrogens with zero attached hydrogens (tertiary/aromatic N) is 3. The third kappa shape index (κ3) is 3.31. The maximum Gasteiger partial charge on any atom is 0.318 e. The van der Waals surface area contributed by atoms with Gasteiger partial charge in [0.05, 0.1) is 11.7 Å². The van der Waals surface area contributed by atoms with E-state index in [0.717, 1.165) is 36.0 Å². The number of H-pyrrole nitrogens is 1. The third-order valence-corrected chi connectivity index (χ3v) is 5.14. The molecule has 2 amide bonds. The van der Waals surface area contributed by atoms with Crippen molar-refractivity contribution in [3.63, 3.8) is 0 Å². The lowest BCUT2D eigenvalue weighted by Gasteiger charge is -2.26. The quantitative estimate of drug-likeness (QED) is 0.711. The van der Waals surface area contributed by atoms with E-state index < -0.39 is 0 Å². The Morgan fingerprint density at radius 2 is 2.23 bits per heavy atom. The van der Waals surface area contributed by atoms with Gasteiger partial charge in [0.2, 0.25) is 0 Å². The van der Waals surface area contributed by atoms with E-state index in [4.69, 9.17) is 0 Å². The van der Waals surface area contributed by atoms with Crippen LogP contribution >= 0.6 is 0 Å². The molecule has 0 bridgehead atoms. The van der Waals surface area contributed by atoms with Crippen molar-refractivity contribution in [3.8, 4) is 0 Å². The molecule has 4 rings (SSSR count). The number of fused-ring (bicyclic) bond motifs is 1. The van der Waals surface area contributed by atoms with E-state index in [0.29, 0.717) is 12.6 Å². The van der Waals surface area contributed by atoms with Crippen LogP contribution in [0.2, 0.25) is 0 Å². The van der Waals surface area contributed by atoms with E-state index in [9.17, 15) is 4.79 Å². The highest BCUT2D eigenvalue weighted by Crippen LogP contribution is 2.29. The van der Waals surface area contributed by atoms with Gasteiger partial charge in [0.25, 0.3) is 0 Å². The second kappa shape index (κ2) is 6.86. The van der Waals surface area contributed by atoms with Crippen molar-refractivity contribution < 1.29 is 4.79 Å². The number of aromatic nitrogens is 3. The van der Waals surface area contributed by atoms with Gasteiger partial charge in [-0.3, -0.25) is 4.68 Å². The minimum Gasteiger partial charge on any atom is -0.361 e. The van der Waals surface area contributed by atoms with Crippen LogP contribution in [0.3, 0.4) is 0 Å². The Bertz CT molecular complexity index is 908. The van der Waals surface area contributed by atoms with Crippen LogP contribution in [0.25, 0.3) is 10.9 Å². The molecular weight excluding hydrogens is 326 g/mol. The molecule has 2 aromatic heterocycles. The first-order valence-corrected chi connectivity index (χ1v) is 9.26. The van der Waals surface area contributed by atoms with Crippen molar-refractivity contribution in [2.75, 3.05) is 0 Å². The Hall–Kier alpha value is -2.76. The molecule has 1 aliphatic carbocycles. The van der Waals surface area contributed by atoms with E-state index >= 15 is 0 Å². The molecule has 1 aromatic carbocycles. The van der Waals surface area contributed by atoms with Gasteiger partial charge in [-0.2, -0.15) is 5.10 Å². The molecule has 0 saturated heterocycles. The van der Waals surface area contributed by atoms with Gasteiger partial charge in [0.15, 0.2) is 0 Å². The Labute approximate surface area is 153 Å². The van der Waals surface area contributed by atoms with Gasteiger partial charge in [-0.1, -0.05) is 13.0 Å². The Morgan fingerprint density at radius 1 is 1.38 bits per heavy atom. The van der Waals surface area contributed by atoms with Gasteiger partial charge < -0.3 is 15.2 Å². The lowest BCUT2D eigenvalue weighted by atomic mass is 10.1. The number of aromatic amines is 1. The lowest BCUT2D eigenvalue weighted by Crippen LogP contribution is -2.42. The SMILES string of the molecule is CCC(NC(=O)N(Cc1ccc2[nH]ccc2c1)C1CC1)c1ccnn1C. The molecular formula is C20H25N5O. The molecule has 1 aliphatic rings. The minimum atomic E-state index is -0.0246. The highest BCUT2D eigenvalue weighted by molar-refractivity contribution is 5.80. The zero-order valence-corrected chi connectivity index (χ0v) is 15.3. The highest BCUT2D eigenvalue weighted by atomic mass is 16.2. The minimum absolute atomic E-state index is 0.00900. The van der Waals surface area contributed by atoms with Crippen LogP contribution in [-0.4, -0.2) is 31.7 Å². The number of amides is 2. The molecule has 0 spiro atoms. The highest BCUT2D eigenvalue weighted by Gasteiger charge is 2.33. The number of carbonyl (C=O) groups excluding carboxylic acids is 1. The summed E-state index contributed by atoms with van der Waals surface area (Å²) in [5.74, 6) is 0. The Morgan fingerprint density at radius 3 is 2.92 bits per heavy atom. The molecule has 6 nitrogen and oxygen atoms in total. The standard InChI is InChI=1S/C20H25N5O/c1-3-17(19-9-11-22-24(19)2)23-20(26)25(16-5-6-16)13-14-4-7-18-15(12-14)8-10-21-18/h4,7-12,16-17,21H,3,5-6,13H2,1-2H3,(H,23,26). The van der Waals surface area contributed by atoms with Crippen LogP contribution in [0.4, 0.5) is 4.79 Å². The summed E-state index contributed by atoms with van der Waals surface area (Å²) >= 11 is 0. The summed E-state index contributed by atoms with van der Waals surface area (Å²) in [4.78, 5) is 18.2. The van der Waals surface area contributed by atoms with Crippen molar-refractivity contribution in [2.24, 2.45) is 7.05 Å². The number of hydrogen-bond acceptors (Lipinski definition) is 2. The van der Waals surface area contributed by atoms with E-state index in [1.54, 1.807) is 6.20 Å². The molecule has 0 aliphatic heterocycles. The zero-order chi connectivity index (χ0) is 18.1. The molecule has 2 N–H and O–H groups in total. The van der Waals surface area contributed by atoms with Crippen LogP contribution in [0.15, 0.2) is 42.7 Å². The van der Waals surface area contributed by atoms with Crippen molar-refractivity contribution in [1.82, 2.24) is 25.0 Å². The number of aryl methyl sites for hydroxylation is 1. The number of nitrogens with one attached hydrogen (secondary N) is 2. The average molecular weight is 351 g/mol. The summed E-state index contributed by atoms with van der Waals surface area (Å²) in [7, 11) is 1.91. The van der Waals surface area contributed by atoms with Crippen molar-refractivity contribution >= 4 is 16.9 Å². The fourth-order valence-corrected chi connectivity index (χ4v) is 3.49. The molecule has 26 heavy (non-hydrogen) atoms. The predicted molar refractivity (Wildman–Crippen MR) is 102 cm³/mol. The van der Waals surface area contributed by atoms with Crippen LogP contribution < -0.4 is 5.32 Å². The van der Waals surface area contributed by atoms with Gasteiger partial charge in [-0.25, -0.2) is 4.79 Å². The van der Waals surface area contributed by atoms with Gasteiger partial charge in [-0.15, -0.1) is 0 Å². The van der Waals surface area contributed by atoms with Crippen LogP contribution in [0.1, 0.15) is 43.5 Å². The average Bonchev–Trinajstić information content (AvgIpc) is 3.22. The third-order valence-electron chi connectivity index (χ3n) is 5.14. The number of benzene rings is 1. The molecule has 3 aromatic rings. The van der Waals surface area contributed by atoms with Gasteiger partial charge >= 0.3 is 6.03 Å².